The molecule has 0 atom stereocenters. The van der Waals surface area contributed by atoms with E-state index in [4.69, 9.17) is 15.9 Å². The first kappa shape index (κ1) is 15.5. The van der Waals surface area contributed by atoms with Crippen LogP contribution in [0.15, 0.2) is 18.2 Å². The standard InChI is InChI=1S/C15H25N3O/c1-4-8-18(9-5-2)11-12-6-7-13(15(16)17)14(10-12)19-3/h6-7,10H,4-5,8-9,11H2,1-3H3,(H3,16,17). The molecule has 0 aliphatic rings. The summed E-state index contributed by atoms with van der Waals surface area (Å²) in [5, 5.41) is 7.51. The molecule has 1 rings (SSSR count). The van der Waals surface area contributed by atoms with Gasteiger partial charge in [-0.25, -0.2) is 0 Å². The summed E-state index contributed by atoms with van der Waals surface area (Å²) >= 11 is 0. The molecule has 0 spiro atoms. The van der Waals surface area contributed by atoms with Gasteiger partial charge in [-0.3, -0.25) is 10.3 Å². The topological polar surface area (TPSA) is 62.3 Å². The fraction of sp³-hybridized carbons (Fsp3) is 0.533. The molecule has 3 N–H and O–H groups in total. The molecule has 4 heteroatoms. The first-order valence-electron chi connectivity index (χ1n) is 6.86. The SMILES string of the molecule is CCCN(CCC)Cc1ccc(C(=N)N)c(OC)c1. The van der Waals surface area contributed by atoms with Crippen molar-refractivity contribution in [3.05, 3.63) is 29.3 Å². The molecule has 0 saturated carbocycles. The molecule has 0 aliphatic heterocycles. The van der Waals surface area contributed by atoms with E-state index in [2.05, 4.69) is 18.7 Å². The molecule has 0 aromatic heterocycles. The molecule has 0 amide bonds. The van der Waals surface area contributed by atoms with Gasteiger partial charge in [-0.15, -0.1) is 0 Å². The number of nitrogens with one attached hydrogen (secondary N) is 1. The number of nitrogens with zero attached hydrogens (tertiary/aromatic N) is 1. The van der Waals surface area contributed by atoms with Crippen LogP contribution in [0.5, 0.6) is 5.75 Å². The van der Waals surface area contributed by atoms with Crippen LogP contribution in [0.2, 0.25) is 0 Å². The molecule has 19 heavy (non-hydrogen) atoms. The Hall–Kier alpha value is -1.55. The molecule has 4 nitrogen and oxygen atoms in total. The summed E-state index contributed by atoms with van der Waals surface area (Å²) < 4.78 is 5.31. The molecule has 0 unspecified atom stereocenters. The average molecular weight is 263 g/mol. The molecule has 0 saturated heterocycles. The van der Waals surface area contributed by atoms with Crippen LogP contribution in [-0.4, -0.2) is 30.9 Å². The molecule has 0 radical (unpaired) electrons. The summed E-state index contributed by atoms with van der Waals surface area (Å²) in [5.74, 6) is 0.723. The number of nitrogen functional groups attached to an aromatic ring is 1. The van der Waals surface area contributed by atoms with Gasteiger partial charge < -0.3 is 10.5 Å². The maximum Gasteiger partial charge on any atom is 0.130 e. The van der Waals surface area contributed by atoms with E-state index in [1.807, 2.05) is 18.2 Å². The predicted octanol–water partition coefficient (Wildman–Crippen LogP) is 2.60. The quantitative estimate of drug-likeness (QED) is 0.560. The van der Waals surface area contributed by atoms with Gasteiger partial charge in [-0.2, -0.15) is 0 Å². The molecule has 106 valence electrons. The van der Waals surface area contributed by atoms with E-state index in [0.717, 1.165) is 32.5 Å². The maximum absolute atomic E-state index is 7.51. The lowest BCUT2D eigenvalue weighted by Crippen LogP contribution is -2.25. The highest BCUT2D eigenvalue weighted by atomic mass is 16.5. The van der Waals surface area contributed by atoms with Crippen LogP contribution in [0, 0.1) is 5.41 Å². The van der Waals surface area contributed by atoms with Gasteiger partial charge in [0.1, 0.15) is 11.6 Å². The molecule has 0 bridgehead atoms. The Kier molecular flexibility index (Phi) is 6.36. The van der Waals surface area contributed by atoms with Crippen molar-refractivity contribution in [1.29, 1.82) is 5.41 Å². The zero-order chi connectivity index (χ0) is 14.3. The average Bonchev–Trinajstić information content (AvgIpc) is 2.38. The third kappa shape index (κ3) is 4.56. The lowest BCUT2D eigenvalue weighted by Gasteiger charge is -2.21. The summed E-state index contributed by atoms with van der Waals surface area (Å²) in [7, 11) is 1.61. The second-order valence-electron chi connectivity index (χ2n) is 4.72. The van der Waals surface area contributed by atoms with Gasteiger partial charge in [0.25, 0.3) is 0 Å². The molecule has 0 aliphatic carbocycles. The van der Waals surface area contributed by atoms with Crippen molar-refractivity contribution < 1.29 is 4.74 Å². The van der Waals surface area contributed by atoms with Crippen molar-refractivity contribution in [2.75, 3.05) is 20.2 Å². The van der Waals surface area contributed by atoms with Crippen molar-refractivity contribution in [1.82, 2.24) is 4.90 Å². The minimum Gasteiger partial charge on any atom is -0.496 e. The smallest absolute Gasteiger partial charge is 0.130 e. The Bertz CT molecular complexity index is 412. The van der Waals surface area contributed by atoms with Crippen molar-refractivity contribution in [3.8, 4) is 5.75 Å². The monoisotopic (exact) mass is 263 g/mol. The van der Waals surface area contributed by atoms with E-state index in [-0.39, 0.29) is 5.84 Å². The third-order valence-electron chi connectivity index (χ3n) is 3.04. The van der Waals surface area contributed by atoms with E-state index >= 15 is 0 Å². The molecule has 0 heterocycles. The Morgan fingerprint density at radius 1 is 1.26 bits per heavy atom. The van der Waals surface area contributed by atoms with Crippen LogP contribution >= 0.6 is 0 Å². The molecule has 0 fully saturated rings. The van der Waals surface area contributed by atoms with Crippen LogP contribution in [0.25, 0.3) is 0 Å². The fourth-order valence-corrected chi connectivity index (χ4v) is 2.22. The first-order chi connectivity index (χ1) is 9.12. The Morgan fingerprint density at radius 2 is 1.89 bits per heavy atom. The van der Waals surface area contributed by atoms with Gasteiger partial charge in [0.05, 0.1) is 12.7 Å². The normalized spacial score (nSPS) is 10.7. The zero-order valence-electron chi connectivity index (χ0n) is 12.2. The number of nitrogens with two attached hydrogens (primary N) is 1. The van der Waals surface area contributed by atoms with Gasteiger partial charge in [0, 0.05) is 6.54 Å². The summed E-state index contributed by atoms with van der Waals surface area (Å²) in [4.78, 5) is 2.43. The van der Waals surface area contributed by atoms with Gasteiger partial charge >= 0.3 is 0 Å². The molecule has 1 aromatic carbocycles. The number of hydrogen-bond acceptors (Lipinski definition) is 3. The minimum atomic E-state index is 0.0439. The second-order valence-corrected chi connectivity index (χ2v) is 4.72. The lowest BCUT2D eigenvalue weighted by molar-refractivity contribution is 0.266. The van der Waals surface area contributed by atoms with Crippen LogP contribution in [-0.2, 0) is 6.54 Å². The van der Waals surface area contributed by atoms with Gasteiger partial charge in [0.2, 0.25) is 0 Å². The zero-order valence-corrected chi connectivity index (χ0v) is 12.2. The number of methoxy groups -OCH3 is 1. The largest absolute Gasteiger partial charge is 0.496 e. The van der Waals surface area contributed by atoms with Crippen molar-refractivity contribution in [2.45, 2.75) is 33.2 Å². The van der Waals surface area contributed by atoms with E-state index < -0.39 is 0 Å². The summed E-state index contributed by atoms with van der Waals surface area (Å²) in [6.07, 6.45) is 2.31. The van der Waals surface area contributed by atoms with Crippen molar-refractivity contribution >= 4 is 5.84 Å². The number of benzene rings is 1. The Balaban J connectivity index is 2.86. The molecular weight excluding hydrogens is 238 g/mol. The minimum absolute atomic E-state index is 0.0439. The second kappa shape index (κ2) is 7.79. The van der Waals surface area contributed by atoms with Crippen LogP contribution in [0.3, 0.4) is 0 Å². The molecule has 1 aromatic rings. The highest BCUT2D eigenvalue weighted by Gasteiger charge is 2.09. The number of rotatable bonds is 8. The highest BCUT2D eigenvalue weighted by molar-refractivity contribution is 5.97. The Morgan fingerprint density at radius 3 is 2.37 bits per heavy atom. The number of ether oxygens (including phenoxy) is 1. The van der Waals surface area contributed by atoms with Gasteiger partial charge in [0.15, 0.2) is 0 Å². The molecular formula is C15H25N3O. The van der Waals surface area contributed by atoms with E-state index in [1.165, 1.54) is 5.56 Å². The number of amidine groups is 1. The summed E-state index contributed by atoms with van der Waals surface area (Å²) in [6, 6.07) is 5.87. The Labute approximate surface area is 116 Å². The number of hydrogen-bond donors (Lipinski definition) is 2. The van der Waals surface area contributed by atoms with Crippen molar-refractivity contribution in [2.24, 2.45) is 5.73 Å². The summed E-state index contributed by atoms with van der Waals surface area (Å²) in [6.45, 7) is 7.51. The third-order valence-corrected chi connectivity index (χ3v) is 3.04. The van der Waals surface area contributed by atoms with Gasteiger partial charge in [-0.1, -0.05) is 19.9 Å². The van der Waals surface area contributed by atoms with Crippen LogP contribution < -0.4 is 10.5 Å². The maximum atomic E-state index is 7.51. The van der Waals surface area contributed by atoms with Crippen LogP contribution in [0.4, 0.5) is 0 Å². The lowest BCUT2D eigenvalue weighted by atomic mass is 10.1. The van der Waals surface area contributed by atoms with E-state index in [1.54, 1.807) is 7.11 Å². The van der Waals surface area contributed by atoms with Gasteiger partial charge in [-0.05, 0) is 43.6 Å². The summed E-state index contributed by atoms with van der Waals surface area (Å²) in [5.41, 5.74) is 7.38. The van der Waals surface area contributed by atoms with Crippen LogP contribution in [0.1, 0.15) is 37.8 Å². The predicted molar refractivity (Wildman–Crippen MR) is 79.9 cm³/mol. The first-order valence-corrected chi connectivity index (χ1v) is 6.86. The van der Waals surface area contributed by atoms with E-state index in [0.29, 0.717) is 11.3 Å². The fourth-order valence-electron chi connectivity index (χ4n) is 2.22. The highest BCUT2D eigenvalue weighted by Crippen LogP contribution is 2.20. The van der Waals surface area contributed by atoms with Crippen molar-refractivity contribution in [3.63, 3.8) is 0 Å². The van der Waals surface area contributed by atoms with E-state index in [9.17, 15) is 0 Å².